The van der Waals surface area contributed by atoms with Gasteiger partial charge in [0, 0.05) is 12.2 Å². The van der Waals surface area contributed by atoms with Crippen LogP contribution in [0.5, 0.6) is 0 Å². The van der Waals surface area contributed by atoms with Crippen molar-refractivity contribution >= 4 is 17.7 Å². The van der Waals surface area contributed by atoms with Gasteiger partial charge < -0.3 is 15.7 Å². The van der Waals surface area contributed by atoms with Crippen molar-refractivity contribution in [3.63, 3.8) is 0 Å². The molecule has 0 aromatic heterocycles. The molecule has 0 aliphatic rings. The lowest BCUT2D eigenvalue weighted by Gasteiger charge is -2.15. The van der Waals surface area contributed by atoms with Crippen LogP contribution in [-0.4, -0.2) is 23.7 Å². The molecule has 1 aromatic carbocycles. The standard InChI is InChI=1S/C15H22N2O3/c1-4-11(5-2)9-16-15(20)17-13-8-6-7-12(10(13)3)14(18)19/h6-8,11H,4-5,9H2,1-3H3,(H,18,19)(H2,16,17,20). The Morgan fingerprint density at radius 1 is 1.25 bits per heavy atom. The molecular formula is C15H22N2O3. The smallest absolute Gasteiger partial charge is 0.336 e. The summed E-state index contributed by atoms with van der Waals surface area (Å²) in [6.07, 6.45) is 2.04. The summed E-state index contributed by atoms with van der Waals surface area (Å²) in [5, 5.41) is 14.5. The molecule has 3 N–H and O–H groups in total. The van der Waals surface area contributed by atoms with Gasteiger partial charge in [-0.1, -0.05) is 32.8 Å². The largest absolute Gasteiger partial charge is 0.478 e. The number of nitrogens with one attached hydrogen (secondary N) is 2. The van der Waals surface area contributed by atoms with E-state index in [-0.39, 0.29) is 11.6 Å². The van der Waals surface area contributed by atoms with Crippen LogP contribution in [0.3, 0.4) is 0 Å². The zero-order valence-corrected chi connectivity index (χ0v) is 12.2. The van der Waals surface area contributed by atoms with Gasteiger partial charge in [0.2, 0.25) is 0 Å². The summed E-state index contributed by atoms with van der Waals surface area (Å²) < 4.78 is 0. The Morgan fingerprint density at radius 3 is 2.45 bits per heavy atom. The average molecular weight is 278 g/mol. The Morgan fingerprint density at radius 2 is 1.90 bits per heavy atom. The molecule has 0 bridgehead atoms. The van der Waals surface area contributed by atoms with Crippen molar-refractivity contribution in [2.45, 2.75) is 33.6 Å². The van der Waals surface area contributed by atoms with Crippen LogP contribution in [0.25, 0.3) is 0 Å². The summed E-state index contributed by atoms with van der Waals surface area (Å²) in [5.41, 5.74) is 1.27. The predicted molar refractivity (Wildman–Crippen MR) is 79.2 cm³/mol. The number of carbonyl (C=O) groups is 2. The van der Waals surface area contributed by atoms with Gasteiger partial charge in [0.05, 0.1) is 5.56 Å². The van der Waals surface area contributed by atoms with Gasteiger partial charge in [-0.05, 0) is 30.5 Å². The number of anilines is 1. The summed E-state index contributed by atoms with van der Waals surface area (Å²) in [6.45, 7) is 6.49. The first-order valence-electron chi connectivity index (χ1n) is 6.87. The third-order valence-electron chi connectivity index (χ3n) is 3.52. The number of benzene rings is 1. The fourth-order valence-electron chi connectivity index (χ4n) is 1.98. The van der Waals surface area contributed by atoms with Crippen molar-refractivity contribution in [1.82, 2.24) is 5.32 Å². The van der Waals surface area contributed by atoms with Gasteiger partial charge in [-0.15, -0.1) is 0 Å². The van der Waals surface area contributed by atoms with Crippen LogP contribution < -0.4 is 10.6 Å². The molecule has 5 heteroatoms. The number of carbonyl (C=O) groups excluding carboxylic acids is 1. The van der Waals surface area contributed by atoms with E-state index in [1.807, 2.05) is 0 Å². The summed E-state index contributed by atoms with van der Waals surface area (Å²) in [4.78, 5) is 22.8. The third kappa shape index (κ3) is 4.26. The van der Waals surface area contributed by atoms with Crippen LogP contribution in [-0.2, 0) is 0 Å². The van der Waals surface area contributed by atoms with E-state index in [1.54, 1.807) is 19.1 Å². The summed E-state index contributed by atoms with van der Waals surface area (Å²) in [5.74, 6) is -0.532. The molecule has 0 heterocycles. The van der Waals surface area contributed by atoms with Crippen LogP contribution in [0.15, 0.2) is 18.2 Å². The number of aromatic carboxylic acids is 1. The highest BCUT2D eigenvalue weighted by Crippen LogP contribution is 2.18. The molecule has 0 fully saturated rings. The monoisotopic (exact) mass is 278 g/mol. The highest BCUT2D eigenvalue weighted by molar-refractivity contribution is 5.95. The molecule has 1 rings (SSSR count). The third-order valence-corrected chi connectivity index (χ3v) is 3.52. The lowest BCUT2D eigenvalue weighted by atomic mass is 10.0. The Hall–Kier alpha value is -2.04. The first kappa shape index (κ1) is 16.0. The second-order valence-corrected chi connectivity index (χ2v) is 4.80. The van der Waals surface area contributed by atoms with Crippen molar-refractivity contribution in [3.05, 3.63) is 29.3 Å². The van der Waals surface area contributed by atoms with Gasteiger partial charge in [-0.3, -0.25) is 0 Å². The highest BCUT2D eigenvalue weighted by atomic mass is 16.4. The Bertz CT molecular complexity index is 482. The average Bonchev–Trinajstić information content (AvgIpc) is 2.42. The van der Waals surface area contributed by atoms with Crippen molar-refractivity contribution < 1.29 is 14.7 Å². The van der Waals surface area contributed by atoms with Crippen LogP contribution >= 0.6 is 0 Å². The van der Waals surface area contributed by atoms with E-state index in [4.69, 9.17) is 5.11 Å². The van der Waals surface area contributed by atoms with E-state index in [9.17, 15) is 9.59 Å². The Labute approximate surface area is 119 Å². The number of rotatable bonds is 6. The second-order valence-electron chi connectivity index (χ2n) is 4.80. The molecule has 5 nitrogen and oxygen atoms in total. The topological polar surface area (TPSA) is 78.4 Å². The van der Waals surface area contributed by atoms with Gasteiger partial charge in [0.1, 0.15) is 0 Å². The minimum atomic E-state index is -0.997. The highest BCUT2D eigenvalue weighted by Gasteiger charge is 2.12. The SMILES string of the molecule is CCC(CC)CNC(=O)Nc1cccc(C(=O)O)c1C. The fraction of sp³-hybridized carbons (Fsp3) is 0.467. The van der Waals surface area contributed by atoms with E-state index in [0.29, 0.717) is 23.7 Å². The van der Waals surface area contributed by atoms with Crippen LogP contribution in [0, 0.1) is 12.8 Å². The molecule has 2 amide bonds. The van der Waals surface area contributed by atoms with Gasteiger partial charge in [-0.25, -0.2) is 9.59 Å². The maximum Gasteiger partial charge on any atom is 0.336 e. The molecule has 0 spiro atoms. The maximum absolute atomic E-state index is 11.8. The summed E-state index contributed by atoms with van der Waals surface area (Å²) in [6, 6.07) is 4.53. The number of hydrogen-bond donors (Lipinski definition) is 3. The molecule has 20 heavy (non-hydrogen) atoms. The number of amides is 2. The van der Waals surface area contributed by atoms with Gasteiger partial charge in [0.25, 0.3) is 0 Å². The normalized spacial score (nSPS) is 10.4. The summed E-state index contributed by atoms with van der Waals surface area (Å²) in [7, 11) is 0. The molecule has 0 saturated carbocycles. The van der Waals surface area contributed by atoms with Gasteiger partial charge in [0.15, 0.2) is 0 Å². The van der Waals surface area contributed by atoms with E-state index < -0.39 is 5.97 Å². The lowest BCUT2D eigenvalue weighted by molar-refractivity contribution is 0.0696. The minimum absolute atomic E-state index is 0.197. The second kappa shape index (κ2) is 7.53. The molecule has 0 unspecified atom stereocenters. The number of carboxylic acids is 1. The van der Waals surface area contributed by atoms with Crippen LogP contribution in [0.2, 0.25) is 0 Å². The zero-order valence-electron chi connectivity index (χ0n) is 12.2. The van der Waals surface area contributed by atoms with Crippen molar-refractivity contribution in [2.75, 3.05) is 11.9 Å². The maximum atomic E-state index is 11.8. The molecule has 0 aliphatic heterocycles. The number of carboxylic acid groups (broad SMARTS) is 1. The molecule has 110 valence electrons. The number of urea groups is 1. The van der Waals surface area contributed by atoms with Crippen LogP contribution in [0.4, 0.5) is 10.5 Å². The van der Waals surface area contributed by atoms with E-state index in [1.165, 1.54) is 6.07 Å². The van der Waals surface area contributed by atoms with Crippen LogP contribution in [0.1, 0.15) is 42.6 Å². The molecule has 0 aliphatic carbocycles. The minimum Gasteiger partial charge on any atom is -0.478 e. The summed E-state index contributed by atoms with van der Waals surface area (Å²) >= 11 is 0. The van der Waals surface area contributed by atoms with Gasteiger partial charge >= 0.3 is 12.0 Å². The first-order chi connectivity index (χ1) is 9.49. The van der Waals surface area contributed by atoms with Crippen molar-refractivity contribution in [2.24, 2.45) is 5.92 Å². The van der Waals surface area contributed by atoms with E-state index >= 15 is 0 Å². The van der Waals surface area contributed by atoms with Crippen molar-refractivity contribution in [3.8, 4) is 0 Å². The first-order valence-corrected chi connectivity index (χ1v) is 6.87. The van der Waals surface area contributed by atoms with E-state index in [2.05, 4.69) is 24.5 Å². The van der Waals surface area contributed by atoms with Gasteiger partial charge in [-0.2, -0.15) is 0 Å². The molecule has 0 atom stereocenters. The Balaban J connectivity index is 2.67. The quantitative estimate of drug-likeness (QED) is 0.747. The number of hydrogen-bond acceptors (Lipinski definition) is 2. The molecule has 0 radical (unpaired) electrons. The molecule has 1 aromatic rings. The lowest BCUT2D eigenvalue weighted by Crippen LogP contribution is -2.33. The fourth-order valence-corrected chi connectivity index (χ4v) is 1.98. The van der Waals surface area contributed by atoms with Crippen molar-refractivity contribution in [1.29, 1.82) is 0 Å². The predicted octanol–water partition coefficient (Wildman–Crippen LogP) is 3.25. The molecular weight excluding hydrogens is 256 g/mol. The Kier molecular flexibility index (Phi) is 6.03. The zero-order chi connectivity index (χ0) is 15.1. The molecule has 0 saturated heterocycles. The van der Waals surface area contributed by atoms with E-state index in [0.717, 1.165) is 12.8 Å².